The van der Waals surface area contributed by atoms with Crippen LogP contribution in [-0.2, 0) is 27.0 Å². The molecule has 0 amide bonds. The van der Waals surface area contributed by atoms with Crippen LogP contribution in [0.2, 0.25) is 19.6 Å². The Bertz CT molecular complexity index is 624. The molecule has 0 bridgehead atoms. The Kier molecular flexibility index (Phi) is 5.22. The van der Waals surface area contributed by atoms with Gasteiger partial charge in [0, 0.05) is 13.6 Å². The summed E-state index contributed by atoms with van der Waals surface area (Å²) in [5.74, 6) is -6.23. The van der Waals surface area contributed by atoms with Crippen LogP contribution in [-0.4, -0.2) is 22.7 Å². The molecule has 120 valence electrons. The van der Waals surface area contributed by atoms with Gasteiger partial charge in [0.25, 0.3) is 10.1 Å². The zero-order valence-corrected chi connectivity index (χ0v) is 13.9. The van der Waals surface area contributed by atoms with Gasteiger partial charge in [-0.1, -0.05) is 19.6 Å². The monoisotopic (exact) mass is 344 g/mol. The van der Waals surface area contributed by atoms with E-state index < -0.39 is 59.2 Å². The van der Waals surface area contributed by atoms with Crippen molar-refractivity contribution in [1.29, 1.82) is 0 Å². The maximum absolute atomic E-state index is 13.9. The Labute approximate surface area is 122 Å². The van der Waals surface area contributed by atoms with Crippen molar-refractivity contribution in [3.8, 4) is 0 Å². The van der Waals surface area contributed by atoms with Crippen molar-refractivity contribution in [2.75, 3.05) is 6.26 Å². The highest BCUT2D eigenvalue weighted by Gasteiger charge is 2.29. The Morgan fingerprint density at radius 1 is 0.905 bits per heavy atom. The number of hydrogen-bond acceptors (Lipinski definition) is 3. The summed E-state index contributed by atoms with van der Waals surface area (Å²) in [5.41, 5.74) is -1.72. The summed E-state index contributed by atoms with van der Waals surface area (Å²) in [4.78, 5) is 0. The number of hydrogen-bond donors (Lipinski definition) is 0. The van der Waals surface area contributed by atoms with E-state index in [4.69, 9.17) is 0 Å². The molecule has 0 unspecified atom stereocenters. The van der Waals surface area contributed by atoms with E-state index in [-0.39, 0.29) is 6.04 Å². The first-order valence-corrected chi connectivity index (χ1v) is 11.5. The van der Waals surface area contributed by atoms with E-state index in [9.17, 15) is 26.0 Å². The topological polar surface area (TPSA) is 43.4 Å². The molecule has 0 aliphatic carbocycles. The molecule has 1 aromatic carbocycles. The maximum atomic E-state index is 13.9. The van der Waals surface area contributed by atoms with Gasteiger partial charge in [0.05, 0.1) is 18.4 Å². The number of benzene rings is 1. The van der Waals surface area contributed by atoms with Gasteiger partial charge >= 0.3 is 0 Å². The lowest BCUT2D eigenvalue weighted by Gasteiger charge is -2.18. The van der Waals surface area contributed by atoms with Gasteiger partial charge in [-0.2, -0.15) is 8.42 Å². The molecule has 0 aliphatic rings. The van der Waals surface area contributed by atoms with Gasteiger partial charge in [0.2, 0.25) is 0 Å². The summed E-state index contributed by atoms with van der Waals surface area (Å²) in [5, 5.41) is 0. The molecular weight excluding hydrogens is 328 g/mol. The van der Waals surface area contributed by atoms with E-state index in [0.29, 0.717) is 6.26 Å². The first-order valence-electron chi connectivity index (χ1n) is 6.01. The zero-order chi connectivity index (χ0) is 16.6. The Morgan fingerprint density at radius 2 is 1.29 bits per heavy atom. The van der Waals surface area contributed by atoms with Gasteiger partial charge in [-0.25, -0.2) is 17.6 Å². The molecule has 0 aromatic heterocycles. The van der Waals surface area contributed by atoms with E-state index in [2.05, 4.69) is 4.18 Å². The second-order valence-corrected chi connectivity index (χ2v) is 13.0. The molecule has 0 spiro atoms. The third kappa shape index (κ3) is 4.79. The van der Waals surface area contributed by atoms with Crippen LogP contribution in [0.4, 0.5) is 17.6 Å². The minimum absolute atomic E-state index is 0.0777. The van der Waals surface area contributed by atoms with Crippen LogP contribution >= 0.6 is 0 Å². The lowest BCUT2D eigenvalue weighted by molar-refractivity contribution is 0.291. The first-order chi connectivity index (χ1) is 9.33. The highest BCUT2D eigenvalue weighted by atomic mass is 32.2. The largest absolute Gasteiger partial charge is 0.265 e. The minimum atomic E-state index is -3.99. The molecule has 0 N–H and O–H groups in total. The van der Waals surface area contributed by atoms with Gasteiger partial charge in [-0.05, 0) is 6.04 Å². The first kappa shape index (κ1) is 18.1. The van der Waals surface area contributed by atoms with Gasteiger partial charge in [0.1, 0.15) is 0 Å². The third-order valence-corrected chi connectivity index (χ3v) is 4.53. The highest BCUT2D eigenvalue weighted by Crippen LogP contribution is 2.27. The summed E-state index contributed by atoms with van der Waals surface area (Å²) < 4.78 is 81.2. The predicted molar refractivity (Wildman–Crippen MR) is 73.0 cm³/mol. The standard InChI is InChI=1S/C12H16F4O3SSi/c1-20(17,18)19-5-7-9(13)11(15)8(6-21(2,3)4)12(16)10(7)14/h5-6H2,1-4H3. The van der Waals surface area contributed by atoms with Crippen molar-refractivity contribution in [1.82, 2.24) is 0 Å². The molecule has 21 heavy (non-hydrogen) atoms. The van der Waals surface area contributed by atoms with E-state index in [0.717, 1.165) is 0 Å². The molecule has 0 saturated carbocycles. The molecule has 0 saturated heterocycles. The summed E-state index contributed by atoms with van der Waals surface area (Å²) in [6, 6.07) is -0.0777. The lowest BCUT2D eigenvalue weighted by atomic mass is 10.1. The Hall–Kier alpha value is -0.933. The van der Waals surface area contributed by atoms with E-state index in [1.165, 1.54) is 0 Å². The van der Waals surface area contributed by atoms with Crippen molar-refractivity contribution in [2.24, 2.45) is 0 Å². The smallest absolute Gasteiger partial charge is 0.264 e. The van der Waals surface area contributed by atoms with Crippen LogP contribution in [0.3, 0.4) is 0 Å². The molecule has 0 heterocycles. The average Bonchev–Trinajstić information content (AvgIpc) is 2.29. The van der Waals surface area contributed by atoms with Crippen LogP contribution in [0.25, 0.3) is 0 Å². The summed E-state index contributed by atoms with van der Waals surface area (Å²) in [6.07, 6.45) is 0.662. The Morgan fingerprint density at radius 3 is 1.62 bits per heavy atom. The Balaban J connectivity index is 3.33. The molecule has 0 fully saturated rings. The number of rotatable bonds is 5. The normalized spacial score (nSPS) is 12.8. The fourth-order valence-corrected chi connectivity index (χ4v) is 3.40. The van der Waals surface area contributed by atoms with Crippen LogP contribution < -0.4 is 0 Å². The van der Waals surface area contributed by atoms with E-state index in [1.54, 1.807) is 19.6 Å². The van der Waals surface area contributed by atoms with Gasteiger partial charge in [-0.15, -0.1) is 0 Å². The third-order valence-electron chi connectivity index (χ3n) is 2.57. The summed E-state index contributed by atoms with van der Waals surface area (Å²) in [7, 11) is -6.00. The molecular formula is C12H16F4O3SSi. The number of halogens is 4. The molecule has 0 aliphatic heterocycles. The van der Waals surface area contributed by atoms with Crippen molar-refractivity contribution in [2.45, 2.75) is 32.3 Å². The summed E-state index contributed by atoms with van der Waals surface area (Å²) >= 11 is 0. The van der Waals surface area contributed by atoms with Gasteiger partial charge < -0.3 is 0 Å². The molecule has 1 rings (SSSR count). The van der Waals surface area contributed by atoms with Crippen molar-refractivity contribution < 1.29 is 30.2 Å². The fourth-order valence-electron chi connectivity index (χ4n) is 1.70. The maximum Gasteiger partial charge on any atom is 0.264 e. The second-order valence-electron chi connectivity index (χ2n) is 5.92. The molecule has 3 nitrogen and oxygen atoms in total. The lowest BCUT2D eigenvalue weighted by Crippen LogP contribution is -2.26. The van der Waals surface area contributed by atoms with Crippen LogP contribution in [0.15, 0.2) is 0 Å². The highest BCUT2D eigenvalue weighted by molar-refractivity contribution is 7.85. The van der Waals surface area contributed by atoms with Crippen molar-refractivity contribution in [3.05, 3.63) is 34.4 Å². The van der Waals surface area contributed by atoms with Crippen LogP contribution in [0.1, 0.15) is 11.1 Å². The van der Waals surface area contributed by atoms with E-state index in [1.807, 2.05) is 0 Å². The second kappa shape index (κ2) is 6.05. The van der Waals surface area contributed by atoms with Crippen LogP contribution in [0, 0.1) is 23.3 Å². The molecule has 0 radical (unpaired) electrons. The predicted octanol–water partition coefficient (Wildman–Crippen LogP) is 3.14. The van der Waals surface area contributed by atoms with E-state index >= 15 is 0 Å². The van der Waals surface area contributed by atoms with Crippen molar-refractivity contribution in [3.63, 3.8) is 0 Å². The molecule has 1 aromatic rings. The quantitative estimate of drug-likeness (QED) is 0.357. The summed E-state index contributed by atoms with van der Waals surface area (Å²) in [6.45, 7) is 4.28. The zero-order valence-electron chi connectivity index (χ0n) is 12.1. The molecule has 9 heteroatoms. The fraction of sp³-hybridized carbons (Fsp3) is 0.500. The average molecular weight is 344 g/mol. The van der Waals surface area contributed by atoms with Gasteiger partial charge in [-0.3, -0.25) is 4.18 Å². The minimum Gasteiger partial charge on any atom is -0.265 e. The SMILES string of the molecule is C[Si](C)(C)Cc1c(F)c(F)c(COS(C)(=O)=O)c(F)c1F. The van der Waals surface area contributed by atoms with Crippen molar-refractivity contribution >= 4 is 18.2 Å². The van der Waals surface area contributed by atoms with Crippen LogP contribution in [0.5, 0.6) is 0 Å². The van der Waals surface area contributed by atoms with Gasteiger partial charge in [0.15, 0.2) is 23.3 Å². The molecule has 0 atom stereocenters.